The molecule has 0 bridgehead atoms. The number of hydrogen-bond donors (Lipinski definition) is 0. The molecule has 0 spiro atoms. The van der Waals surface area contributed by atoms with Gasteiger partial charge in [-0.15, -0.1) is 0 Å². The highest BCUT2D eigenvalue weighted by molar-refractivity contribution is 5.10. The van der Waals surface area contributed by atoms with Crippen molar-refractivity contribution in [1.82, 2.24) is 20.0 Å². The van der Waals surface area contributed by atoms with Crippen LogP contribution in [0.5, 0.6) is 0 Å². The summed E-state index contributed by atoms with van der Waals surface area (Å²) >= 11 is 0. The van der Waals surface area contributed by atoms with Crippen molar-refractivity contribution in [1.29, 1.82) is 0 Å². The lowest BCUT2D eigenvalue weighted by molar-refractivity contribution is 0.307. The van der Waals surface area contributed by atoms with Gasteiger partial charge in [-0.3, -0.25) is 9.88 Å². The quantitative estimate of drug-likeness (QED) is 0.868. The second-order valence-corrected chi connectivity index (χ2v) is 6.79. The van der Waals surface area contributed by atoms with Crippen LogP contribution in [0, 0.1) is 0 Å². The van der Waals surface area contributed by atoms with Crippen molar-refractivity contribution < 1.29 is 4.52 Å². The van der Waals surface area contributed by atoms with E-state index in [1.807, 2.05) is 18.5 Å². The summed E-state index contributed by atoms with van der Waals surface area (Å²) in [6.45, 7) is 9.28. The molecule has 1 saturated heterocycles. The Hall–Kier alpha value is -1.75. The third-order valence-corrected chi connectivity index (χ3v) is 3.86. The largest absolute Gasteiger partial charge is 0.339 e. The molecule has 1 atom stereocenters. The lowest BCUT2D eigenvalue weighted by Crippen LogP contribution is -2.20. The first-order chi connectivity index (χ1) is 10.0. The van der Waals surface area contributed by atoms with Crippen LogP contribution in [0.4, 0.5) is 0 Å². The van der Waals surface area contributed by atoms with Crippen molar-refractivity contribution in [2.45, 2.75) is 45.1 Å². The van der Waals surface area contributed by atoms with Gasteiger partial charge in [-0.25, -0.2) is 0 Å². The molecule has 112 valence electrons. The van der Waals surface area contributed by atoms with Gasteiger partial charge >= 0.3 is 0 Å². The molecule has 5 nitrogen and oxygen atoms in total. The van der Waals surface area contributed by atoms with Crippen LogP contribution >= 0.6 is 0 Å². The monoisotopic (exact) mass is 286 g/mol. The normalized spacial score (nSPS) is 20.0. The molecule has 0 amide bonds. The summed E-state index contributed by atoms with van der Waals surface area (Å²) in [5.41, 5.74) is 1.19. The van der Waals surface area contributed by atoms with E-state index in [1.54, 1.807) is 0 Å². The van der Waals surface area contributed by atoms with Gasteiger partial charge in [-0.1, -0.05) is 32.0 Å². The first kappa shape index (κ1) is 14.2. The first-order valence-electron chi connectivity index (χ1n) is 7.48. The van der Waals surface area contributed by atoms with Crippen LogP contribution < -0.4 is 0 Å². The molecular formula is C16H22N4O. The van der Waals surface area contributed by atoms with E-state index in [1.165, 1.54) is 5.56 Å². The minimum absolute atomic E-state index is 0.0598. The van der Waals surface area contributed by atoms with Crippen LogP contribution in [-0.4, -0.2) is 33.1 Å². The van der Waals surface area contributed by atoms with E-state index >= 15 is 0 Å². The minimum atomic E-state index is -0.0598. The molecule has 0 aromatic carbocycles. The molecule has 0 saturated carbocycles. The molecule has 3 rings (SSSR count). The maximum absolute atomic E-state index is 5.47. The van der Waals surface area contributed by atoms with Crippen LogP contribution in [0.15, 0.2) is 29.0 Å². The predicted molar refractivity (Wildman–Crippen MR) is 79.9 cm³/mol. The molecule has 0 radical (unpaired) electrons. The third kappa shape index (κ3) is 3.29. The number of hydrogen-bond acceptors (Lipinski definition) is 5. The van der Waals surface area contributed by atoms with Gasteiger partial charge in [0.25, 0.3) is 0 Å². The van der Waals surface area contributed by atoms with Gasteiger partial charge in [0.2, 0.25) is 5.89 Å². The molecule has 2 aromatic rings. The highest BCUT2D eigenvalue weighted by Crippen LogP contribution is 2.28. The molecule has 0 N–H and O–H groups in total. The van der Waals surface area contributed by atoms with E-state index < -0.39 is 0 Å². The molecule has 3 heterocycles. The predicted octanol–water partition coefficient (Wildman–Crippen LogP) is 2.75. The van der Waals surface area contributed by atoms with Crippen molar-refractivity contribution in [3.8, 4) is 0 Å². The Balaban J connectivity index is 1.63. The van der Waals surface area contributed by atoms with Crippen LogP contribution in [-0.2, 0) is 12.0 Å². The number of pyridine rings is 1. The van der Waals surface area contributed by atoms with Gasteiger partial charge in [-0.05, 0) is 24.6 Å². The Morgan fingerprint density at radius 3 is 2.90 bits per heavy atom. The summed E-state index contributed by atoms with van der Waals surface area (Å²) in [5.74, 6) is 1.93. The first-order valence-corrected chi connectivity index (χ1v) is 7.48. The highest BCUT2D eigenvalue weighted by atomic mass is 16.5. The Kier molecular flexibility index (Phi) is 3.76. The second kappa shape index (κ2) is 5.56. The topological polar surface area (TPSA) is 55.1 Å². The van der Waals surface area contributed by atoms with Gasteiger partial charge in [0, 0.05) is 30.9 Å². The minimum Gasteiger partial charge on any atom is -0.339 e. The fraction of sp³-hybridized carbons (Fsp3) is 0.562. The highest BCUT2D eigenvalue weighted by Gasteiger charge is 2.30. The molecule has 1 fully saturated rings. The van der Waals surface area contributed by atoms with Gasteiger partial charge < -0.3 is 4.52 Å². The summed E-state index contributed by atoms with van der Waals surface area (Å²) < 4.78 is 5.47. The van der Waals surface area contributed by atoms with Gasteiger partial charge in [-0.2, -0.15) is 4.98 Å². The smallest absolute Gasteiger partial charge is 0.231 e. The molecule has 1 aliphatic heterocycles. The van der Waals surface area contributed by atoms with Crippen LogP contribution in [0.3, 0.4) is 0 Å². The lowest BCUT2D eigenvalue weighted by Gasteiger charge is -2.14. The van der Waals surface area contributed by atoms with Crippen LogP contribution in [0.25, 0.3) is 0 Å². The van der Waals surface area contributed by atoms with E-state index in [9.17, 15) is 0 Å². The van der Waals surface area contributed by atoms with E-state index in [-0.39, 0.29) is 5.41 Å². The number of aromatic nitrogens is 3. The third-order valence-electron chi connectivity index (χ3n) is 3.86. The standard InChI is InChI=1S/C16H22N4O/c1-16(2,3)15-18-14(21-19-15)13-6-8-20(11-13)10-12-5-4-7-17-9-12/h4-5,7,9,13H,6,8,10-11H2,1-3H3/t13-/m1/s1. The fourth-order valence-corrected chi connectivity index (χ4v) is 2.63. The Labute approximate surface area is 125 Å². The van der Waals surface area contributed by atoms with Crippen molar-refractivity contribution in [2.24, 2.45) is 0 Å². The number of likely N-dealkylation sites (tertiary alicyclic amines) is 1. The van der Waals surface area contributed by atoms with Crippen molar-refractivity contribution in [3.05, 3.63) is 41.8 Å². The van der Waals surface area contributed by atoms with E-state index in [2.05, 4.69) is 46.9 Å². The van der Waals surface area contributed by atoms with Gasteiger partial charge in [0.05, 0.1) is 5.92 Å². The fourth-order valence-electron chi connectivity index (χ4n) is 2.63. The Morgan fingerprint density at radius 1 is 1.38 bits per heavy atom. The van der Waals surface area contributed by atoms with Gasteiger partial charge in [0.15, 0.2) is 5.82 Å². The molecule has 2 aromatic heterocycles. The van der Waals surface area contributed by atoms with Crippen molar-refractivity contribution >= 4 is 0 Å². The van der Waals surface area contributed by atoms with Crippen molar-refractivity contribution in [2.75, 3.05) is 13.1 Å². The zero-order valence-electron chi connectivity index (χ0n) is 12.9. The van der Waals surface area contributed by atoms with E-state index in [0.717, 1.165) is 37.8 Å². The summed E-state index contributed by atoms with van der Waals surface area (Å²) in [6, 6.07) is 4.10. The molecule has 0 aliphatic carbocycles. The lowest BCUT2D eigenvalue weighted by atomic mass is 9.96. The van der Waals surface area contributed by atoms with E-state index in [4.69, 9.17) is 4.52 Å². The second-order valence-electron chi connectivity index (χ2n) is 6.79. The molecule has 1 aliphatic rings. The number of rotatable bonds is 3. The maximum Gasteiger partial charge on any atom is 0.231 e. The molecule has 21 heavy (non-hydrogen) atoms. The van der Waals surface area contributed by atoms with Crippen LogP contribution in [0.1, 0.15) is 50.4 Å². The zero-order valence-corrected chi connectivity index (χ0v) is 12.9. The summed E-state index contributed by atoms with van der Waals surface area (Å²) in [4.78, 5) is 11.2. The number of nitrogens with zero attached hydrogens (tertiary/aromatic N) is 4. The average molecular weight is 286 g/mol. The summed E-state index contributed by atoms with van der Waals surface area (Å²) in [6.07, 6.45) is 4.81. The maximum atomic E-state index is 5.47. The van der Waals surface area contributed by atoms with E-state index in [0.29, 0.717) is 5.92 Å². The average Bonchev–Trinajstić information content (AvgIpc) is 3.07. The zero-order chi connectivity index (χ0) is 14.9. The van der Waals surface area contributed by atoms with Crippen molar-refractivity contribution in [3.63, 3.8) is 0 Å². The molecule has 0 unspecified atom stereocenters. The van der Waals surface area contributed by atoms with Crippen LogP contribution in [0.2, 0.25) is 0 Å². The van der Waals surface area contributed by atoms with Gasteiger partial charge in [0.1, 0.15) is 0 Å². The molecular weight excluding hydrogens is 264 g/mol. The summed E-state index contributed by atoms with van der Waals surface area (Å²) in [7, 11) is 0. The molecule has 5 heteroatoms. The summed E-state index contributed by atoms with van der Waals surface area (Å²) in [5, 5.41) is 4.13. The Bertz CT molecular complexity index is 588. The Morgan fingerprint density at radius 2 is 2.24 bits per heavy atom. The SMILES string of the molecule is CC(C)(C)c1noc([C@@H]2CCN(Cc3cccnc3)C2)n1.